The highest BCUT2D eigenvalue weighted by atomic mass is 27.2. The molecule has 0 nitrogen and oxygen atoms in total. The second kappa shape index (κ2) is 12.5. The molecule has 130 valence electrons. The van der Waals surface area contributed by atoms with Gasteiger partial charge in [-0.05, 0) is 18.9 Å². The van der Waals surface area contributed by atoms with E-state index in [4.69, 9.17) is 0 Å². The van der Waals surface area contributed by atoms with E-state index in [0.29, 0.717) is 0 Å². The molecule has 0 aliphatic carbocycles. The summed E-state index contributed by atoms with van der Waals surface area (Å²) >= 11 is -1.66. The van der Waals surface area contributed by atoms with E-state index >= 15 is 0 Å². The lowest BCUT2D eigenvalue weighted by Gasteiger charge is -2.37. The molecule has 0 amide bonds. The third-order valence-electron chi connectivity index (χ3n) is 4.59. The van der Waals surface area contributed by atoms with Gasteiger partial charge < -0.3 is 0 Å². The van der Waals surface area contributed by atoms with Gasteiger partial charge in [-0.3, -0.25) is 0 Å². The Morgan fingerprint density at radius 2 is 1.27 bits per heavy atom. The minimum atomic E-state index is -1.66. The Hall–Kier alpha value is 0.0525. The Bertz CT molecular complexity index is 292. The molecular formula is C21H42Al-. The SMILES string of the molecule is CCCCCCC=C=[CH][Al-]([CH2]C(C)C)([CH2]C(C)C)[CH2]C(C)C. The first-order chi connectivity index (χ1) is 10.3. The van der Waals surface area contributed by atoms with E-state index in [1.165, 1.54) is 48.0 Å². The van der Waals surface area contributed by atoms with Crippen LogP contribution in [-0.4, -0.2) is 13.1 Å². The van der Waals surface area contributed by atoms with E-state index in [-0.39, 0.29) is 0 Å². The molecule has 0 radical (unpaired) electrons. The maximum absolute atomic E-state index is 3.64. The summed E-state index contributed by atoms with van der Waals surface area (Å²) < 4.78 is 0. The highest BCUT2D eigenvalue weighted by Crippen LogP contribution is 2.33. The maximum Gasteiger partial charge on any atom is 0.169 e. The molecule has 0 aromatic carbocycles. The molecule has 0 N–H and O–H groups in total. The van der Waals surface area contributed by atoms with Gasteiger partial charge in [0.15, 0.2) is 13.1 Å². The lowest BCUT2D eigenvalue weighted by molar-refractivity contribution is 0.649. The third kappa shape index (κ3) is 11.6. The maximum atomic E-state index is 3.64. The summed E-state index contributed by atoms with van der Waals surface area (Å²) in [5.74, 6) is 2.47. The van der Waals surface area contributed by atoms with Crippen molar-refractivity contribution in [2.45, 2.75) is 96.4 Å². The Balaban J connectivity index is 4.89. The van der Waals surface area contributed by atoms with Crippen LogP contribution in [0.15, 0.2) is 16.7 Å². The molecule has 0 aliphatic rings. The summed E-state index contributed by atoms with van der Waals surface area (Å²) in [5, 5.41) is 4.38. The molecule has 0 saturated carbocycles. The quantitative estimate of drug-likeness (QED) is 0.197. The summed E-state index contributed by atoms with van der Waals surface area (Å²) in [6, 6.07) is 0. The fourth-order valence-corrected chi connectivity index (χ4v) is 11.5. The van der Waals surface area contributed by atoms with Crippen molar-refractivity contribution in [3.05, 3.63) is 16.7 Å². The molecule has 0 atom stereocenters. The standard InChI is InChI=1S/C9H15.3C4H9.Al/c1-3-5-7-9-8-6-4-2;3*1-4(2)3;/h1,5H,4,6-9H2,2H3;3*4H,1H2,2-3H3;/q;;;;-1. The van der Waals surface area contributed by atoms with Gasteiger partial charge in [-0.2, -0.15) is 21.6 Å². The van der Waals surface area contributed by atoms with E-state index in [0.717, 1.165) is 17.8 Å². The zero-order valence-corrected chi connectivity index (χ0v) is 17.8. The topological polar surface area (TPSA) is 0 Å². The molecule has 0 heterocycles. The number of allylic oxidation sites excluding steroid dienone is 1. The predicted octanol–water partition coefficient (Wildman–Crippen LogP) is 7.62. The van der Waals surface area contributed by atoms with Gasteiger partial charge in [0, 0.05) is 0 Å². The van der Waals surface area contributed by atoms with Crippen molar-refractivity contribution >= 4 is 13.1 Å². The molecule has 22 heavy (non-hydrogen) atoms. The van der Waals surface area contributed by atoms with Gasteiger partial charge in [-0.1, -0.05) is 85.5 Å². The van der Waals surface area contributed by atoms with Crippen molar-refractivity contribution in [1.29, 1.82) is 0 Å². The Kier molecular flexibility index (Phi) is 12.5. The average Bonchev–Trinajstić information content (AvgIpc) is 2.35. The van der Waals surface area contributed by atoms with Crippen molar-refractivity contribution < 1.29 is 0 Å². The molecule has 0 spiro atoms. The molecule has 0 aromatic heterocycles. The van der Waals surface area contributed by atoms with Crippen LogP contribution >= 0.6 is 0 Å². The van der Waals surface area contributed by atoms with Crippen molar-refractivity contribution in [2.24, 2.45) is 17.8 Å². The lowest BCUT2D eigenvalue weighted by atomic mass is 10.1. The van der Waals surface area contributed by atoms with Crippen molar-refractivity contribution in [1.82, 2.24) is 0 Å². The van der Waals surface area contributed by atoms with Gasteiger partial charge in [0.25, 0.3) is 0 Å². The van der Waals surface area contributed by atoms with Crippen LogP contribution in [0.2, 0.25) is 15.8 Å². The first-order valence-electron chi connectivity index (χ1n) is 9.94. The van der Waals surface area contributed by atoms with E-state index in [1.54, 1.807) is 0 Å². The van der Waals surface area contributed by atoms with Crippen molar-refractivity contribution in [2.75, 3.05) is 0 Å². The third-order valence-corrected chi connectivity index (χ3v) is 11.1. The van der Waals surface area contributed by atoms with Crippen LogP contribution in [0.25, 0.3) is 0 Å². The van der Waals surface area contributed by atoms with Crippen molar-refractivity contribution in [3.63, 3.8) is 0 Å². The van der Waals surface area contributed by atoms with Gasteiger partial charge in [0.2, 0.25) is 0 Å². The van der Waals surface area contributed by atoms with Gasteiger partial charge in [0.1, 0.15) is 0 Å². The van der Waals surface area contributed by atoms with Crippen molar-refractivity contribution in [3.8, 4) is 0 Å². The number of unbranched alkanes of at least 4 members (excludes halogenated alkanes) is 4. The molecule has 0 unspecified atom stereocenters. The summed E-state index contributed by atoms with van der Waals surface area (Å²) in [6.45, 7) is 16.7. The zero-order valence-electron chi connectivity index (χ0n) is 16.6. The highest BCUT2D eigenvalue weighted by Gasteiger charge is 2.29. The number of rotatable bonds is 12. The van der Waals surface area contributed by atoms with Crippen LogP contribution in [0, 0.1) is 17.8 Å². The Morgan fingerprint density at radius 1 is 0.773 bits per heavy atom. The van der Waals surface area contributed by atoms with E-state index in [1.807, 2.05) is 0 Å². The smallest absolute Gasteiger partial charge is 0.169 e. The van der Waals surface area contributed by atoms with Gasteiger partial charge in [0.05, 0.1) is 0 Å². The van der Waals surface area contributed by atoms with E-state index in [2.05, 4.69) is 65.2 Å². The van der Waals surface area contributed by atoms with Crippen LogP contribution < -0.4 is 0 Å². The number of hydrogen-bond acceptors (Lipinski definition) is 0. The summed E-state index contributed by atoms with van der Waals surface area (Å²) in [5.41, 5.74) is 3.64. The lowest BCUT2D eigenvalue weighted by Crippen LogP contribution is -2.36. The van der Waals surface area contributed by atoms with Crippen LogP contribution in [0.3, 0.4) is 0 Å². The molecule has 1 heteroatoms. The number of hydrogen-bond donors (Lipinski definition) is 0. The largest absolute Gasteiger partial charge is 0.227 e. The summed E-state index contributed by atoms with van der Waals surface area (Å²) in [6.07, 6.45) is 8.97. The fraction of sp³-hybridized carbons (Fsp3) is 0.857. The second-order valence-electron chi connectivity index (χ2n) is 8.85. The second-order valence-corrected chi connectivity index (χ2v) is 13.7. The molecule has 0 fully saturated rings. The normalized spacial score (nSPS) is 12.1. The Morgan fingerprint density at radius 3 is 1.68 bits per heavy atom. The first kappa shape index (κ1) is 22.1. The van der Waals surface area contributed by atoms with Gasteiger partial charge >= 0.3 is 0 Å². The molecule has 0 aromatic rings. The monoisotopic (exact) mass is 321 g/mol. The fourth-order valence-electron chi connectivity index (χ4n) is 4.34. The van der Waals surface area contributed by atoms with E-state index in [9.17, 15) is 0 Å². The predicted molar refractivity (Wildman–Crippen MR) is 106 cm³/mol. The van der Waals surface area contributed by atoms with Crippen LogP contribution in [0.5, 0.6) is 0 Å². The highest BCUT2D eigenvalue weighted by molar-refractivity contribution is 6.84. The van der Waals surface area contributed by atoms with Crippen LogP contribution in [0.4, 0.5) is 0 Å². The minimum absolute atomic E-state index is 0.824. The molecule has 0 bridgehead atoms. The summed E-state index contributed by atoms with van der Waals surface area (Å²) in [4.78, 5) is 2.60. The molecule has 0 aliphatic heterocycles. The van der Waals surface area contributed by atoms with Crippen LogP contribution in [-0.2, 0) is 0 Å². The average molecular weight is 322 g/mol. The minimum Gasteiger partial charge on any atom is -0.227 e. The van der Waals surface area contributed by atoms with E-state index < -0.39 is 13.1 Å². The molecule has 0 saturated heterocycles. The summed E-state index contributed by atoms with van der Waals surface area (Å²) in [7, 11) is 0. The first-order valence-corrected chi connectivity index (χ1v) is 13.1. The Labute approximate surface area is 144 Å². The molecular weight excluding hydrogens is 279 g/mol. The molecule has 0 rings (SSSR count). The van der Waals surface area contributed by atoms with Gasteiger partial charge in [-0.15, -0.1) is 0 Å². The van der Waals surface area contributed by atoms with Gasteiger partial charge in [-0.25, -0.2) is 4.94 Å². The zero-order chi connectivity index (χ0) is 17.0. The van der Waals surface area contributed by atoms with Crippen LogP contribution in [0.1, 0.15) is 80.6 Å².